The number of nitrogens with one attached hydrogen (secondary N) is 1. The normalized spacial score (nSPS) is 23.0. The van der Waals surface area contributed by atoms with Gasteiger partial charge in [-0.3, -0.25) is 14.7 Å². The fraction of sp³-hybridized carbons (Fsp3) is 0.643. The number of methoxy groups -OCH3 is 1. The summed E-state index contributed by atoms with van der Waals surface area (Å²) in [4.78, 5) is 6.87. The topological polar surface area (TPSA) is 71.9 Å². The Morgan fingerprint density at radius 3 is 2.81 bits per heavy atom. The van der Waals surface area contributed by atoms with Gasteiger partial charge in [0.15, 0.2) is 5.82 Å². The zero-order chi connectivity index (χ0) is 15.0. The molecule has 21 heavy (non-hydrogen) atoms. The van der Waals surface area contributed by atoms with Crippen molar-refractivity contribution < 1.29 is 4.74 Å². The third-order valence-electron chi connectivity index (χ3n) is 4.32. The zero-order valence-electron chi connectivity index (χ0n) is 13.0. The lowest BCUT2D eigenvalue weighted by Gasteiger charge is -2.21. The van der Waals surface area contributed by atoms with Crippen LogP contribution in [0.3, 0.4) is 0 Å². The van der Waals surface area contributed by atoms with Crippen molar-refractivity contribution in [2.75, 3.05) is 13.7 Å². The molecule has 0 radical (unpaired) electrons. The van der Waals surface area contributed by atoms with Crippen molar-refractivity contribution in [2.45, 2.75) is 39.0 Å². The van der Waals surface area contributed by atoms with Crippen molar-refractivity contribution in [1.82, 2.24) is 29.9 Å². The predicted molar refractivity (Wildman–Crippen MR) is 77.6 cm³/mol. The standard InChI is InChI=1S/C14H22N6O/c1-9-11(6-15-19(9)3)7-20-8-12(21-4)5-13(20)14-16-10(2)17-18-14/h6,12-13H,5,7-8H2,1-4H3,(H,16,17,18)/t12-,13+/m1/s1. The Bertz CT molecular complexity index is 619. The van der Waals surface area contributed by atoms with Gasteiger partial charge in [-0.25, -0.2) is 4.98 Å². The van der Waals surface area contributed by atoms with E-state index in [-0.39, 0.29) is 12.1 Å². The molecule has 3 rings (SSSR count). The summed E-state index contributed by atoms with van der Waals surface area (Å²) in [5.74, 6) is 1.71. The first kappa shape index (κ1) is 14.2. The number of aromatic nitrogens is 5. The van der Waals surface area contributed by atoms with Crippen LogP contribution in [-0.2, 0) is 18.3 Å². The minimum absolute atomic E-state index is 0.194. The molecule has 1 aliphatic rings. The molecule has 0 bridgehead atoms. The second kappa shape index (κ2) is 5.57. The first-order chi connectivity index (χ1) is 10.1. The summed E-state index contributed by atoms with van der Waals surface area (Å²) in [5.41, 5.74) is 2.44. The number of nitrogens with zero attached hydrogens (tertiary/aromatic N) is 5. The SMILES string of the molecule is CO[C@@H]1C[C@@H](c2n[nH]c(C)n2)N(Cc2cnn(C)c2C)C1. The van der Waals surface area contributed by atoms with Crippen molar-refractivity contribution in [2.24, 2.45) is 7.05 Å². The van der Waals surface area contributed by atoms with Gasteiger partial charge in [-0.15, -0.1) is 0 Å². The fourth-order valence-corrected chi connectivity index (χ4v) is 2.90. The van der Waals surface area contributed by atoms with Crippen LogP contribution in [0.1, 0.15) is 35.4 Å². The highest BCUT2D eigenvalue weighted by molar-refractivity contribution is 5.17. The number of rotatable bonds is 4. The molecule has 114 valence electrons. The fourth-order valence-electron chi connectivity index (χ4n) is 2.90. The van der Waals surface area contributed by atoms with Gasteiger partial charge in [0.05, 0.1) is 18.3 Å². The summed E-state index contributed by atoms with van der Waals surface area (Å²) in [6.45, 7) is 5.76. The highest BCUT2D eigenvalue weighted by Gasteiger charge is 2.35. The summed E-state index contributed by atoms with van der Waals surface area (Å²) >= 11 is 0. The Kier molecular flexibility index (Phi) is 3.77. The summed E-state index contributed by atoms with van der Waals surface area (Å²) in [5, 5.41) is 11.6. The molecule has 3 heterocycles. The molecule has 7 heteroatoms. The highest BCUT2D eigenvalue weighted by Crippen LogP contribution is 2.33. The minimum atomic E-state index is 0.194. The number of ether oxygens (including phenoxy) is 1. The third-order valence-corrected chi connectivity index (χ3v) is 4.32. The van der Waals surface area contributed by atoms with Gasteiger partial charge in [0.2, 0.25) is 0 Å². The number of likely N-dealkylation sites (tertiary alicyclic amines) is 1. The van der Waals surface area contributed by atoms with Crippen LogP contribution >= 0.6 is 0 Å². The maximum atomic E-state index is 5.54. The number of hydrogen-bond acceptors (Lipinski definition) is 5. The van der Waals surface area contributed by atoms with E-state index in [2.05, 4.69) is 32.1 Å². The van der Waals surface area contributed by atoms with E-state index >= 15 is 0 Å². The molecule has 0 unspecified atom stereocenters. The molecule has 0 spiro atoms. The monoisotopic (exact) mass is 290 g/mol. The Hall–Kier alpha value is -1.73. The van der Waals surface area contributed by atoms with E-state index in [9.17, 15) is 0 Å². The Morgan fingerprint density at radius 2 is 2.24 bits per heavy atom. The largest absolute Gasteiger partial charge is 0.380 e. The first-order valence-corrected chi connectivity index (χ1v) is 7.21. The molecule has 2 atom stereocenters. The van der Waals surface area contributed by atoms with Crippen LogP contribution in [0.2, 0.25) is 0 Å². The van der Waals surface area contributed by atoms with Gasteiger partial charge in [-0.1, -0.05) is 0 Å². The molecule has 1 aliphatic heterocycles. The number of aryl methyl sites for hydroxylation is 2. The molecule has 7 nitrogen and oxygen atoms in total. The lowest BCUT2D eigenvalue weighted by molar-refractivity contribution is 0.107. The lowest BCUT2D eigenvalue weighted by atomic mass is 10.1. The second-order valence-corrected chi connectivity index (χ2v) is 5.70. The Balaban J connectivity index is 1.82. The summed E-state index contributed by atoms with van der Waals surface area (Å²) < 4.78 is 7.45. The molecule has 1 saturated heterocycles. The average molecular weight is 290 g/mol. The van der Waals surface area contributed by atoms with E-state index in [0.29, 0.717) is 0 Å². The van der Waals surface area contributed by atoms with Crippen molar-refractivity contribution in [3.05, 3.63) is 29.1 Å². The van der Waals surface area contributed by atoms with Gasteiger partial charge in [-0.2, -0.15) is 10.2 Å². The van der Waals surface area contributed by atoms with Crippen LogP contribution in [0.25, 0.3) is 0 Å². The van der Waals surface area contributed by atoms with Gasteiger partial charge < -0.3 is 4.74 Å². The van der Waals surface area contributed by atoms with E-state index in [1.807, 2.05) is 24.9 Å². The van der Waals surface area contributed by atoms with E-state index in [4.69, 9.17) is 4.74 Å². The van der Waals surface area contributed by atoms with Crippen LogP contribution in [-0.4, -0.2) is 49.6 Å². The Labute approximate surface area is 124 Å². The summed E-state index contributed by atoms with van der Waals surface area (Å²) in [6.07, 6.45) is 3.09. The van der Waals surface area contributed by atoms with E-state index < -0.39 is 0 Å². The second-order valence-electron chi connectivity index (χ2n) is 5.70. The van der Waals surface area contributed by atoms with Crippen LogP contribution in [0.5, 0.6) is 0 Å². The molecule has 2 aromatic rings. The number of aromatic amines is 1. The zero-order valence-corrected chi connectivity index (χ0v) is 13.0. The maximum Gasteiger partial charge on any atom is 0.167 e. The molecule has 0 amide bonds. The quantitative estimate of drug-likeness (QED) is 0.913. The van der Waals surface area contributed by atoms with Gasteiger partial charge in [-0.05, 0) is 20.3 Å². The van der Waals surface area contributed by atoms with E-state index in [1.54, 1.807) is 7.11 Å². The lowest BCUT2D eigenvalue weighted by Crippen LogP contribution is -2.25. The summed E-state index contributed by atoms with van der Waals surface area (Å²) in [7, 11) is 3.74. The van der Waals surface area contributed by atoms with E-state index in [1.165, 1.54) is 11.3 Å². The van der Waals surface area contributed by atoms with Crippen molar-refractivity contribution in [1.29, 1.82) is 0 Å². The van der Waals surface area contributed by atoms with Gasteiger partial charge in [0, 0.05) is 38.5 Å². The highest BCUT2D eigenvalue weighted by atomic mass is 16.5. The van der Waals surface area contributed by atoms with Gasteiger partial charge in [0.1, 0.15) is 5.82 Å². The van der Waals surface area contributed by atoms with E-state index in [0.717, 1.165) is 31.2 Å². The molecule has 0 saturated carbocycles. The average Bonchev–Trinajstić information content (AvgIpc) is 3.14. The van der Waals surface area contributed by atoms with Crippen LogP contribution < -0.4 is 0 Å². The molecule has 2 aromatic heterocycles. The Morgan fingerprint density at radius 1 is 1.43 bits per heavy atom. The van der Waals surface area contributed by atoms with Gasteiger partial charge >= 0.3 is 0 Å². The molecular weight excluding hydrogens is 268 g/mol. The number of hydrogen-bond donors (Lipinski definition) is 1. The molecule has 1 fully saturated rings. The first-order valence-electron chi connectivity index (χ1n) is 7.21. The number of H-pyrrole nitrogens is 1. The predicted octanol–water partition coefficient (Wildman–Crippen LogP) is 1.12. The molecule has 0 aromatic carbocycles. The van der Waals surface area contributed by atoms with Crippen LogP contribution in [0, 0.1) is 13.8 Å². The molecule has 0 aliphatic carbocycles. The van der Waals surface area contributed by atoms with Crippen molar-refractivity contribution in [3.8, 4) is 0 Å². The van der Waals surface area contributed by atoms with Crippen LogP contribution in [0.15, 0.2) is 6.20 Å². The maximum absolute atomic E-state index is 5.54. The van der Waals surface area contributed by atoms with Gasteiger partial charge in [0.25, 0.3) is 0 Å². The molecule has 1 N–H and O–H groups in total. The molecular formula is C14H22N6O. The van der Waals surface area contributed by atoms with Crippen molar-refractivity contribution in [3.63, 3.8) is 0 Å². The smallest absolute Gasteiger partial charge is 0.167 e. The summed E-state index contributed by atoms with van der Waals surface area (Å²) in [6, 6.07) is 0.194. The van der Waals surface area contributed by atoms with Crippen LogP contribution in [0.4, 0.5) is 0 Å². The van der Waals surface area contributed by atoms with Crippen molar-refractivity contribution >= 4 is 0 Å². The minimum Gasteiger partial charge on any atom is -0.380 e. The third kappa shape index (κ3) is 2.71.